The summed E-state index contributed by atoms with van der Waals surface area (Å²) in [6.45, 7) is 4.34. The molecule has 0 bridgehead atoms. The maximum Gasteiger partial charge on any atom is 0.281 e. The first-order valence-electron chi connectivity index (χ1n) is 4.70. The SMILES string of the molecule is CCN(CC(C)C(N)=S)S(=O)(=O)N(C)C. The first kappa shape index (κ1) is 14.8. The van der Waals surface area contributed by atoms with Crippen LogP contribution in [0.4, 0.5) is 0 Å². The van der Waals surface area contributed by atoms with Gasteiger partial charge in [0.05, 0.1) is 4.99 Å². The van der Waals surface area contributed by atoms with Crippen LogP contribution in [0, 0.1) is 5.92 Å². The summed E-state index contributed by atoms with van der Waals surface area (Å²) in [6.07, 6.45) is 0. The molecule has 1 unspecified atom stereocenters. The molecule has 0 amide bonds. The summed E-state index contributed by atoms with van der Waals surface area (Å²) in [5.74, 6) is -0.116. The number of nitrogens with two attached hydrogens (primary N) is 1. The second kappa shape index (κ2) is 5.74. The Morgan fingerprint density at radius 1 is 1.47 bits per heavy atom. The summed E-state index contributed by atoms with van der Waals surface area (Å²) in [5, 5.41) is 0. The van der Waals surface area contributed by atoms with Crippen LogP contribution >= 0.6 is 12.2 Å². The molecule has 0 aromatic heterocycles. The van der Waals surface area contributed by atoms with E-state index in [0.717, 1.165) is 0 Å². The third-order valence-corrected chi connectivity index (χ3v) is 4.49. The molecule has 0 heterocycles. The first-order valence-corrected chi connectivity index (χ1v) is 6.50. The average Bonchev–Trinajstić information content (AvgIpc) is 2.12. The molecule has 1 atom stereocenters. The van der Waals surface area contributed by atoms with Crippen LogP contribution in [0.5, 0.6) is 0 Å². The summed E-state index contributed by atoms with van der Waals surface area (Å²) in [7, 11) is -0.359. The average molecular weight is 253 g/mol. The third-order valence-electron chi connectivity index (χ3n) is 2.10. The summed E-state index contributed by atoms with van der Waals surface area (Å²) in [5.41, 5.74) is 5.45. The molecule has 5 nitrogen and oxygen atoms in total. The van der Waals surface area contributed by atoms with Crippen LogP contribution in [0.3, 0.4) is 0 Å². The predicted octanol–water partition coefficient (Wildman–Crippen LogP) is 0.0369. The van der Waals surface area contributed by atoms with Gasteiger partial charge in [0, 0.05) is 33.1 Å². The van der Waals surface area contributed by atoms with Gasteiger partial charge >= 0.3 is 0 Å². The van der Waals surface area contributed by atoms with Crippen molar-refractivity contribution in [1.29, 1.82) is 0 Å². The van der Waals surface area contributed by atoms with Crippen molar-refractivity contribution in [2.24, 2.45) is 11.7 Å². The molecule has 0 radical (unpaired) electrons. The second-order valence-corrected chi connectivity index (χ2v) is 6.16. The molecular formula is C8H19N3O2S2. The van der Waals surface area contributed by atoms with Gasteiger partial charge in [-0.3, -0.25) is 0 Å². The highest BCUT2D eigenvalue weighted by atomic mass is 32.2. The highest BCUT2D eigenvalue weighted by molar-refractivity contribution is 7.86. The van der Waals surface area contributed by atoms with E-state index < -0.39 is 10.2 Å². The fraction of sp³-hybridized carbons (Fsp3) is 0.875. The van der Waals surface area contributed by atoms with Crippen molar-refractivity contribution >= 4 is 27.4 Å². The molecule has 0 rings (SSSR count). The zero-order chi connectivity index (χ0) is 12.2. The van der Waals surface area contributed by atoms with Crippen LogP contribution in [0.1, 0.15) is 13.8 Å². The van der Waals surface area contributed by atoms with Gasteiger partial charge in [-0.15, -0.1) is 0 Å². The van der Waals surface area contributed by atoms with Crippen LogP contribution in [0.2, 0.25) is 0 Å². The minimum absolute atomic E-state index is 0.116. The maximum absolute atomic E-state index is 11.8. The Kier molecular flexibility index (Phi) is 5.65. The van der Waals surface area contributed by atoms with E-state index in [0.29, 0.717) is 18.1 Å². The lowest BCUT2D eigenvalue weighted by atomic mass is 10.2. The molecule has 0 saturated carbocycles. The van der Waals surface area contributed by atoms with E-state index >= 15 is 0 Å². The van der Waals surface area contributed by atoms with Gasteiger partial charge < -0.3 is 5.73 Å². The maximum atomic E-state index is 11.8. The fourth-order valence-electron chi connectivity index (χ4n) is 1.01. The Bertz CT molecular complexity index is 314. The summed E-state index contributed by atoms with van der Waals surface area (Å²) < 4.78 is 26.1. The van der Waals surface area contributed by atoms with E-state index in [1.165, 1.54) is 22.7 Å². The molecule has 0 aromatic carbocycles. The number of hydrogen-bond acceptors (Lipinski definition) is 3. The second-order valence-electron chi connectivity index (χ2n) is 3.54. The molecule has 0 aliphatic heterocycles. The Balaban J connectivity index is 4.72. The van der Waals surface area contributed by atoms with Crippen molar-refractivity contribution in [2.45, 2.75) is 13.8 Å². The van der Waals surface area contributed by atoms with Gasteiger partial charge in [-0.25, -0.2) is 0 Å². The summed E-state index contributed by atoms with van der Waals surface area (Å²) >= 11 is 4.82. The van der Waals surface area contributed by atoms with Crippen LogP contribution < -0.4 is 5.73 Å². The molecule has 0 aromatic rings. The fourth-order valence-corrected chi connectivity index (χ4v) is 2.29. The standard InChI is InChI=1S/C8H19N3O2S2/c1-5-11(6-7(2)8(9)14)15(12,13)10(3)4/h7H,5-6H2,1-4H3,(H2,9,14). The molecule has 0 saturated heterocycles. The monoisotopic (exact) mass is 253 g/mol. The minimum Gasteiger partial charge on any atom is -0.393 e. The molecule has 90 valence electrons. The van der Waals surface area contributed by atoms with Gasteiger partial charge in [0.1, 0.15) is 0 Å². The van der Waals surface area contributed by atoms with Gasteiger partial charge in [-0.05, 0) is 0 Å². The number of hydrogen-bond donors (Lipinski definition) is 1. The molecule has 0 fully saturated rings. The van der Waals surface area contributed by atoms with Crippen molar-refractivity contribution in [3.8, 4) is 0 Å². The van der Waals surface area contributed by atoms with E-state index in [-0.39, 0.29) is 5.92 Å². The minimum atomic E-state index is -3.37. The van der Waals surface area contributed by atoms with Gasteiger partial charge in [-0.1, -0.05) is 26.1 Å². The lowest BCUT2D eigenvalue weighted by Crippen LogP contribution is -2.43. The molecule has 0 aliphatic carbocycles. The zero-order valence-corrected chi connectivity index (χ0v) is 11.2. The van der Waals surface area contributed by atoms with Gasteiger partial charge in [-0.2, -0.15) is 17.0 Å². The molecule has 15 heavy (non-hydrogen) atoms. The van der Waals surface area contributed by atoms with E-state index in [4.69, 9.17) is 18.0 Å². The quantitative estimate of drug-likeness (QED) is 0.679. The van der Waals surface area contributed by atoms with Crippen LogP contribution in [-0.4, -0.2) is 49.2 Å². The molecule has 0 spiro atoms. The zero-order valence-electron chi connectivity index (χ0n) is 9.60. The molecular weight excluding hydrogens is 234 g/mol. The van der Waals surface area contributed by atoms with Crippen molar-refractivity contribution in [1.82, 2.24) is 8.61 Å². The van der Waals surface area contributed by atoms with Crippen molar-refractivity contribution < 1.29 is 8.42 Å². The number of thiocarbonyl (C=S) groups is 1. The Labute approximate surface area is 97.4 Å². The lowest BCUT2D eigenvalue weighted by molar-refractivity contribution is 0.371. The Morgan fingerprint density at radius 2 is 1.93 bits per heavy atom. The van der Waals surface area contributed by atoms with Gasteiger partial charge in [0.15, 0.2) is 0 Å². The van der Waals surface area contributed by atoms with Crippen LogP contribution in [0.25, 0.3) is 0 Å². The van der Waals surface area contributed by atoms with E-state index in [1.54, 1.807) is 6.92 Å². The normalized spacial score (nSPS) is 14.5. The molecule has 0 aliphatic rings. The van der Waals surface area contributed by atoms with Crippen molar-refractivity contribution in [3.05, 3.63) is 0 Å². The number of nitrogens with zero attached hydrogens (tertiary/aromatic N) is 2. The summed E-state index contributed by atoms with van der Waals surface area (Å²) in [4.78, 5) is 0.336. The van der Waals surface area contributed by atoms with Gasteiger partial charge in [0.2, 0.25) is 0 Å². The highest BCUT2D eigenvalue weighted by Gasteiger charge is 2.24. The number of rotatable bonds is 6. The molecule has 2 N–H and O–H groups in total. The summed E-state index contributed by atoms with van der Waals surface area (Å²) in [6, 6.07) is 0. The largest absolute Gasteiger partial charge is 0.393 e. The topological polar surface area (TPSA) is 66.6 Å². The van der Waals surface area contributed by atoms with E-state index in [1.807, 2.05) is 6.92 Å². The van der Waals surface area contributed by atoms with Crippen molar-refractivity contribution in [2.75, 3.05) is 27.2 Å². The lowest BCUT2D eigenvalue weighted by Gasteiger charge is -2.26. The van der Waals surface area contributed by atoms with Crippen LogP contribution in [0.15, 0.2) is 0 Å². The predicted molar refractivity (Wildman–Crippen MR) is 65.8 cm³/mol. The van der Waals surface area contributed by atoms with E-state index in [9.17, 15) is 8.42 Å². The van der Waals surface area contributed by atoms with Crippen LogP contribution in [-0.2, 0) is 10.2 Å². The first-order chi connectivity index (χ1) is 6.73. The van der Waals surface area contributed by atoms with E-state index in [2.05, 4.69) is 0 Å². The van der Waals surface area contributed by atoms with Crippen molar-refractivity contribution in [3.63, 3.8) is 0 Å². The highest BCUT2D eigenvalue weighted by Crippen LogP contribution is 2.08. The smallest absolute Gasteiger partial charge is 0.281 e. The third kappa shape index (κ3) is 4.02. The Morgan fingerprint density at radius 3 is 2.20 bits per heavy atom. The van der Waals surface area contributed by atoms with Gasteiger partial charge in [0.25, 0.3) is 10.2 Å². The Hall–Kier alpha value is -0.240. The molecule has 7 heteroatoms.